The zero-order chi connectivity index (χ0) is 31.1. The summed E-state index contributed by atoms with van der Waals surface area (Å²) in [5.74, 6) is 0.760. The molecule has 6 atom stereocenters. The van der Waals surface area contributed by atoms with Gasteiger partial charge >= 0.3 is 6.09 Å². The average Bonchev–Trinajstić information content (AvgIpc) is 3.53. The second kappa shape index (κ2) is 12.1. The number of aryl methyl sites for hydroxylation is 1. The number of aldehydes is 1. The third-order valence-corrected chi connectivity index (χ3v) is 10.4. The number of aromatic nitrogens is 2. The van der Waals surface area contributed by atoms with Crippen molar-refractivity contribution in [1.29, 1.82) is 0 Å². The molecule has 1 N–H and O–H groups in total. The molecule has 6 rings (SSSR count). The lowest BCUT2D eigenvalue weighted by atomic mass is 9.75. The Hall–Kier alpha value is -3.47. The van der Waals surface area contributed by atoms with E-state index in [4.69, 9.17) is 28.9 Å². The number of alkyl carbamates (subject to hydrolysis) is 1. The normalized spacial score (nSPS) is 32.6. The van der Waals surface area contributed by atoms with Crippen molar-refractivity contribution in [2.24, 2.45) is 17.3 Å². The van der Waals surface area contributed by atoms with E-state index in [1.54, 1.807) is 12.0 Å². The molecule has 44 heavy (non-hydrogen) atoms. The van der Waals surface area contributed by atoms with E-state index in [0.29, 0.717) is 49.6 Å². The van der Waals surface area contributed by atoms with E-state index in [9.17, 15) is 14.4 Å². The van der Waals surface area contributed by atoms with Gasteiger partial charge < -0.3 is 34.0 Å². The molecule has 1 aliphatic carbocycles. The van der Waals surface area contributed by atoms with Crippen molar-refractivity contribution in [1.82, 2.24) is 20.2 Å². The van der Waals surface area contributed by atoms with Crippen molar-refractivity contribution in [2.75, 3.05) is 26.9 Å². The predicted octanol–water partition coefficient (Wildman–Crippen LogP) is 4.24. The van der Waals surface area contributed by atoms with Gasteiger partial charge in [-0.15, -0.1) is 0 Å². The van der Waals surface area contributed by atoms with Gasteiger partial charge in [-0.2, -0.15) is 0 Å². The van der Waals surface area contributed by atoms with Gasteiger partial charge in [-0.05, 0) is 57.6 Å². The van der Waals surface area contributed by atoms with Crippen molar-refractivity contribution in [2.45, 2.75) is 95.9 Å². The van der Waals surface area contributed by atoms with Gasteiger partial charge in [0.2, 0.25) is 11.8 Å². The predicted molar refractivity (Wildman–Crippen MR) is 161 cm³/mol. The Kier molecular flexibility index (Phi) is 8.43. The summed E-state index contributed by atoms with van der Waals surface area (Å²) in [5, 5.41) is 2.95. The van der Waals surface area contributed by atoms with E-state index in [0.717, 1.165) is 49.6 Å². The van der Waals surface area contributed by atoms with Gasteiger partial charge in [0.15, 0.2) is 0 Å². The molecule has 0 spiro atoms. The second-order valence-electron chi connectivity index (χ2n) is 13.5. The molecule has 2 amide bonds. The Bertz CT molecular complexity index is 1410. The molecule has 0 radical (unpaired) electrons. The topological polar surface area (TPSA) is 129 Å². The molecule has 4 heterocycles. The standard InChI is InChI=1S/C33H44N4O7/c1-20-26(19-38)37-18-27(20)43-29-24(34-23-11-10-22(41-4)16-25(23)35-29)9-7-5-6-8-21-17-33(21,3)44-31(40)36-28(30(37)39)32(2)12-14-42-15-13-32/h10-11,16,19-21,26-28H,5-9,12-15,17-18H2,1-4H3,(H,36,40)/t20-,21+,26+,27-,28+,33+/m0/s1. The summed E-state index contributed by atoms with van der Waals surface area (Å²) in [6.45, 7) is 7.05. The summed E-state index contributed by atoms with van der Waals surface area (Å²) in [5.41, 5.74) is 1.07. The third kappa shape index (κ3) is 5.95. The van der Waals surface area contributed by atoms with Crippen molar-refractivity contribution in [3.8, 4) is 11.6 Å². The number of carbonyl (C=O) groups excluding carboxylic acids is 3. The quantitative estimate of drug-likeness (QED) is 0.509. The number of nitrogens with zero attached hydrogens (tertiary/aromatic N) is 3. The van der Waals surface area contributed by atoms with E-state index in [2.05, 4.69) is 5.32 Å². The fourth-order valence-corrected chi connectivity index (χ4v) is 7.15. The van der Waals surface area contributed by atoms with E-state index in [-0.39, 0.29) is 24.3 Å². The molecule has 0 unspecified atom stereocenters. The number of hydrogen-bond acceptors (Lipinski definition) is 9. The Balaban J connectivity index is 1.35. The SMILES string of the molecule is COc1ccc2nc3c(nc2c1)O[C@H]1CN(C(=O)[C@H](C2(C)CCOCC2)NC(=O)O[C@]2(C)C[C@H]2CCCCC3)[C@H](C=O)[C@@H]1C. The van der Waals surface area contributed by atoms with Gasteiger partial charge in [-0.3, -0.25) is 4.79 Å². The van der Waals surface area contributed by atoms with Crippen molar-refractivity contribution in [3.05, 3.63) is 23.9 Å². The van der Waals surface area contributed by atoms with Crippen LogP contribution in [-0.2, 0) is 25.5 Å². The molecule has 2 bridgehead atoms. The number of ether oxygens (including phenoxy) is 4. The zero-order valence-corrected chi connectivity index (χ0v) is 26.2. The molecule has 1 aromatic heterocycles. The van der Waals surface area contributed by atoms with Crippen LogP contribution in [0.2, 0.25) is 0 Å². The van der Waals surface area contributed by atoms with Gasteiger partial charge in [0.1, 0.15) is 35.5 Å². The van der Waals surface area contributed by atoms with Gasteiger partial charge in [0.05, 0.1) is 30.7 Å². The summed E-state index contributed by atoms with van der Waals surface area (Å²) in [6, 6.07) is 3.99. The lowest BCUT2D eigenvalue weighted by Gasteiger charge is -2.41. The van der Waals surface area contributed by atoms with Crippen LogP contribution in [0, 0.1) is 17.3 Å². The molecule has 11 heteroatoms. The monoisotopic (exact) mass is 608 g/mol. The minimum absolute atomic E-state index is 0.181. The van der Waals surface area contributed by atoms with Gasteiger partial charge in [-0.1, -0.05) is 26.7 Å². The number of amides is 2. The molecular weight excluding hydrogens is 564 g/mol. The molecule has 4 aliphatic rings. The molecule has 1 saturated carbocycles. The van der Waals surface area contributed by atoms with E-state index in [1.807, 2.05) is 39.0 Å². The Morgan fingerprint density at radius 1 is 1.09 bits per heavy atom. The van der Waals surface area contributed by atoms with Crippen LogP contribution < -0.4 is 14.8 Å². The highest BCUT2D eigenvalue weighted by Crippen LogP contribution is 2.50. The van der Waals surface area contributed by atoms with Gasteiger partial charge in [0.25, 0.3) is 0 Å². The summed E-state index contributed by atoms with van der Waals surface area (Å²) >= 11 is 0. The zero-order valence-electron chi connectivity index (χ0n) is 26.2. The van der Waals surface area contributed by atoms with Crippen molar-refractivity contribution < 1.29 is 33.3 Å². The van der Waals surface area contributed by atoms with Gasteiger partial charge in [-0.25, -0.2) is 14.8 Å². The Labute approximate surface area is 258 Å². The fourth-order valence-electron chi connectivity index (χ4n) is 7.15. The minimum Gasteiger partial charge on any atom is -0.497 e. The second-order valence-corrected chi connectivity index (χ2v) is 13.5. The average molecular weight is 609 g/mol. The first-order chi connectivity index (χ1) is 21.1. The fraction of sp³-hybridized carbons (Fsp3) is 0.667. The number of rotatable bonds is 3. The number of benzene rings is 1. The summed E-state index contributed by atoms with van der Waals surface area (Å²) in [4.78, 5) is 51.6. The van der Waals surface area contributed by atoms with E-state index in [1.165, 1.54) is 0 Å². The smallest absolute Gasteiger partial charge is 0.408 e. The summed E-state index contributed by atoms with van der Waals surface area (Å²) in [7, 11) is 1.61. The molecule has 3 aliphatic heterocycles. The van der Waals surface area contributed by atoms with E-state index < -0.39 is 35.3 Å². The van der Waals surface area contributed by atoms with Crippen LogP contribution >= 0.6 is 0 Å². The maximum atomic E-state index is 14.4. The number of nitrogens with one attached hydrogen (secondary N) is 1. The van der Waals surface area contributed by atoms with Crippen LogP contribution in [-0.4, -0.2) is 83.8 Å². The van der Waals surface area contributed by atoms with Crippen molar-refractivity contribution in [3.63, 3.8) is 0 Å². The van der Waals surface area contributed by atoms with E-state index >= 15 is 0 Å². The molecule has 1 aromatic carbocycles. The van der Waals surface area contributed by atoms with Crippen LogP contribution in [0.4, 0.5) is 4.79 Å². The number of methoxy groups -OCH3 is 1. The first-order valence-electron chi connectivity index (χ1n) is 16.0. The Morgan fingerprint density at radius 2 is 1.89 bits per heavy atom. The molecule has 11 nitrogen and oxygen atoms in total. The number of fused-ring (bicyclic) bond motifs is 5. The Morgan fingerprint density at radius 3 is 2.64 bits per heavy atom. The highest BCUT2D eigenvalue weighted by atomic mass is 16.6. The maximum absolute atomic E-state index is 14.4. The lowest BCUT2D eigenvalue weighted by molar-refractivity contribution is -0.142. The lowest BCUT2D eigenvalue weighted by Crippen LogP contribution is -2.59. The minimum atomic E-state index is -0.879. The third-order valence-electron chi connectivity index (χ3n) is 10.4. The van der Waals surface area contributed by atoms with Crippen LogP contribution in [0.5, 0.6) is 11.6 Å². The molecule has 238 valence electrons. The highest BCUT2D eigenvalue weighted by Gasteiger charge is 2.54. The molecule has 3 fully saturated rings. The van der Waals surface area contributed by atoms with Gasteiger partial charge in [0, 0.05) is 36.5 Å². The summed E-state index contributed by atoms with van der Waals surface area (Å²) < 4.78 is 23.5. The molecule has 2 aromatic rings. The van der Waals surface area contributed by atoms with Crippen LogP contribution in [0.25, 0.3) is 11.0 Å². The molecule has 2 saturated heterocycles. The largest absolute Gasteiger partial charge is 0.497 e. The number of carbonyl (C=O) groups is 3. The first kappa shape index (κ1) is 30.6. The van der Waals surface area contributed by atoms with Crippen LogP contribution in [0.1, 0.15) is 71.4 Å². The first-order valence-corrected chi connectivity index (χ1v) is 16.0. The van der Waals surface area contributed by atoms with Crippen LogP contribution in [0.3, 0.4) is 0 Å². The summed E-state index contributed by atoms with van der Waals surface area (Å²) in [6.07, 6.45) is 6.29. The maximum Gasteiger partial charge on any atom is 0.408 e. The number of hydrogen-bond donors (Lipinski definition) is 1. The van der Waals surface area contributed by atoms with Crippen molar-refractivity contribution >= 4 is 29.3 Å². The van der Waals surface area contributed by atoms with Crippen LogP contribution in [0.15, 0.2) is 18.2 Å². The highest BCUT2D eigenvalue weighted by molar-refractivity contribution is 5.89. The molecular formula is C33H44N4O7.